The number of benzene rings is 1. The van der Waals surface area contributed by atoms with Gasteiger partial charge in [-0.25, -0.2) is 9.07 Å². The third-order valence-electron chi connectivity index (χ3n) is 1.65. The van der Waals surface area contributed by atoms with Crippen molar-refractivity contribution >= 4 is 22.8 Å². The quantitative estimate of drug-likeness (QED) is 0.617. The Bertz CT molecular complexity index is 467. The highest BCUT2D eigenvalue weighted by atomic mass is 35.5. The van der Waals surface area contributed by atoms with E-state index in [-0.39, 0.29) is 0 Å². The minimum absolute atomic E-state index is 0.548. The van der Waals surface area contributed by atoms with Gasteiger partial charge in [0, 0.05) is 11.8 Å². The summed E-state index contributed by atoms with van der Waals surface area (Å²) in [7, 11) is 0. The zero-order valence-electron chi connectivity index (χ0n) is 6.03. The number of para-hydroxylation sites is 1. The van der Waals surface area contributed by atoms with Gasteiger partial charge in [-0.2, -0.15) is 5.26 Å². The first kappa shape index (κ1) is 7.14. The molecule has 0 aliphatic carbocycles. The second-order valence-electron chi connectivity index (χ2n) is 2.34. The number of aromatic nitrogens is 2. The summed E-state index contributed by atoms with van der Waals surface area (Å²) in [6.45, 7) is 0. The van der Waals surface area contributed by atoms with Crippen LogP contribution < -0.4 is 0 Å². The van der Waals surface area contributed by atoms with E-state index in [1.165, 1.54) is 10.4 Å². The number of halogens is 1. The molecule has 0 aliphatic heterocycles. The fourth-order valence-corrected chi connectivity index (χ4v) is 1.28. The second-order valence-corrected chi connectivity index (χ2v) is 2.71. The van der Waals surface area contributed by atoms with Gasteiger partial charge in [-0.1, -0.05) is 6.07 Å². The minimum Gasteiger partial charge on any atom is -0.241 e. The third-order valence-corrected chi connectivity index (χ3v) is 1.92. The van der Waals surface area contributed by atoms with Gasteiger partial charge < -0.3 is 0 Å². The standard InChI is InChI=1S/C8H4ClN3/c9-12-5-11-8-6(4-10)2-1-3-7(8)12/h1-3,5H. The highest BCUT2D eigenvalue weighted by Gasteiger charge is 2.04. The van der Waals surface area contributed by atoms with Gasteiger partial charge in [0.1, 0.15) is 17.9 Å². The molecule has 58 valence electrons. The molecule has 0 atom stereocenters. The van der Waals surface area contributed by atoms with Crippen molar-refractivity contribution in [2.45, 2.75) is 0 Å². The zero-order valence-corrected chi connectivity index (χ0v) is 6.78. The molecule has 0 saturated carbocycles. The highest BCUT2D eigenvalue weighted by Crippen LogP contribution is 2.16. The van der Waals surface area contributed by atoms with Gasteiger partial charge in [-0.3, -0.25) is 0 Å². The Balaban J connectivity index is 2.92. The molecule has 0 bridgehead atoms. The number of hydrogen-bond acceptors (Lipinski definition) is 2. The van der Waals surface area contributed by atoms with Crippen molar-refractivity contribution in [2.24, 2.45) is 0 Å². The number of nitrogens with zero attached hydrogens (tertiary/aromatic N) is 3. The summed E-state index contributed by atoms with van der Waals surface area (Å²) < 4.78 is 1.37. The molecular weight excluding hydrogens is 174 g/mol. The average molecular weight is 178 g/mol. The average Bonchev–Trinajstić information content (AvgIpc) is 2.48. The summed E-state index contributed by atoms with van der Waals surface area (Å²) in [5, 5.41) is 8.70. The van der Waals surface area contributed by atoms with Gasteiger partial charge >= 0.3 is 0 Å². The van der Waals surface area contributed by atoms with Crippen molar-refractivity contribution in [1.82, 2.24) is 9.07 Å². The number of imidazole rings is 1. The molecule has 0 spiro atoms. The van der Waals surface area contributed by atoms with Crippen LogP contribution in [0.15, 0.2) is 24.5 Å². The van der Waals surface area contributed by atoms with E-state index in [0.29, 0.717) is 11.1 Å². The molecule has 4 heteroatoms. The molecule has 2 aromatic rings. The monoisotopic (exact) mass is 177 g/mol. The fourth-order valence-electron chi connectivity index (χ4n) is 1.10. The van der Waals surface area contributed by atoms with Crippen molar-refractivity contribution in [2.75, 3.05) is 0 Å². The van der Waals surface area contributed by atoms with Crippen LogP contribution >= 0.6 is 11.8 Å². The number of hydrogen-bond donors (Lipinski definition) is 0. The predicted octanol–water partition coefficient (Wildman–Crippen LogP) is 1.91. The van der Waals surface area contributed by atoms with E-state index in [1.54, 1.807) is 12.1 Å². The zero-order chi connectivity index (χ0) is 8.55. The van der Waals surface area contributed by atoms with Crippen LogP contribution in [0.1, 0.15) is 5.56 Å². The lowest BCUT2D eigenvalue weighted by molar-refractivity contribution is 1.25. The van der Waals surface area contributed by atoms with Crippen LogP contribution in [0.2, 0.25) is 0 Å². The smallest absolute Gasteiger partial charge is 0.111 e. The van der Waals surface area contributed by atoms with Gasteiger partial charge in [0.05, 0.1) is 11.1 Å². The van der Waals surface area contributed by atoms with Crippen molar-refractivity contribution in [1.29, 1.82) is 5.26 Å². The van der Waals surface area contributed by atoms with Crippen LogP contribution in [-0.2, 0) is 0 Å². The maximum atomic E-state index is 8.70. The molecular formula is C8H4ClN3. The van der Waals surface area contributed by atoms with Gasteiger partial charge in [-0.15, -0.1) is 0 Å². The first-order chi connectivity index (χ1) is 5.83. The molecule has 1 aromatic heterocycles. The summed E-state index contributed by atoms with van der Waals surface area (Å²) >= 11 is 5.75. The maximum absolute atomic E-state index is 8.70. The Morgan fingerprint density at radius 1 is 1.50 bits per heavy atom. The van der Waals surface area contributed by atoms with Crippen LogP contribution in [0.3, 0.4) is 0 Å². The summed E-state index contributed by atoms with van der Waals surface area (Å²) in [5.41, 5.74) is 1.96. The summed E-state index contributed by atoms with van der Waals surface area (Å²) in [6.07, 6.45) is 1.48. The van der Waals surface area contributed by atoms with Gasteiger partial charge in [-0.05, 0) is 12.1 Å². The van der Waals surface area contributed by atoms with E-state index in [0.717, 1.165) is 5.52 Å². The van der Waals surface area contributed by atoms with E-state index >= 15 is 0 Å². The molecule has 0 fully saturated rings. The minimum atomic E-state index is 0.548. The topological polar surface area (TPSA) is 41.6 Å². The maximum Gasteiger partial charge on any atom is 0.111 e. The van der Waals surface area contributed by atoms with Crippen LogP contribution in [0, 0.1) is 11.3 Å². The molecule has 0 N–H and O–H groups in total. The Morgan fingerprint density at radius 2 is 2.33 bits per heavy atom. The summed E-state index contributed by atoms with van der Waals surface area (Å²) in [5.74, 6) is 0. The lowest BCUT2D eigenvalue weighted by Crippen LogP contribution is -1.78. The van der Waals surface area contributed by atoms with Crippen molar-refractivity contribution in [3.63, 3.8) is 0 Å². The Morgan fingerprint density at radius 3 is 3.08 bits per heavy atom. The highest BCUT2D eigenvalue weighted by molar-refractivity contribution is 6.18. The summed E-state index contributed by atoms with van der Waals surface area (Å²) in [4.78, 5) is 4.00. The SMILES string of the molecule is N#Cc1cccc2c1ncn2Cl. The molecule has 12 heavy (non-hydrogen) atoms. The lowest BCUT2D eigenvalue weighted by Gasteiger charge is -1.91. The number of fused-ring (bicyclic) bond motifs is 1. The Labute approximate surface area is 73.9 Å². The van der Waals surface area contributed by atoms with Gasteiger partial charge in [0.2, 0.25) is 0 Å². The molecule has 0 saturated heterocycles. The van der Waals surface area contributed by atoms with E-state index in [9.17, 15) is 0 Å². The molecule has 0 radical (unpaired) electrons. The lowest BCUT2D eigenvalue weighted by atomic mass is 10.2. The largest absolute Gasteiger partial charge is 0.241 e. The number of nitriles is 1. The van der Waals surface area contributed by atoms with E-state index in [1.807, 2.05) is 12.1 Å². The molecule has 0 amide bonds. The van der Waals surface area contributed by atoms with Crippen LogP contribution in [-0.4, -0.2) is 9.07 Å². The number of rotatable bonds is 0. The Kier molecular flexibility index (Phi) is 1.49. The first-order valence-electron chi connectivity index (χ1n) is 3.35. The van der Waals surface area contributed by atoms with E-state index in [4.69, 9.17) is 17.0 Å². The van der Waals surface area contributed by atoms with Crippen LogP contribution in [0.4, 0.5) is 0 Å². The third kappa shape index (κ3) is 0.858. The van der Waals surface area contributed by atoms with E-state index < -0.39 is 0 Å². The predicted molar refractivity (Wildman–Crippen MR) is 45.7 cm³/mol. The molecule has 0 unspecified atom stereocenters. The van der Waals surface area contributed by atoms with Crippen molar-refractivity contribution < 1.29 is 0 Å². The fraction of sp³-hybridized carbons (Fsp3) is 0. The molecule has 3 nitrogen and oxygen atoms in total. The Hall–Kier alpha value is -1.53. The molecule has 1 heterocycles. The second kappa shape index (κ2) is 2.50. The van der Waals surface area contributed by atoms with Gasteiger partial charge in [0.25, 0.3) is 0 Å². The van der Waals surface area contributed by atoms with Crippen molar-refractivity contribution in [3.05, 3.63) is 30.1 Å². The van der Waals surface area contributed by atoms with Crippen LogP contribution in [0.25, 0.3) is 11.0 Å². The molecule has 0 aliphatic rings. The first-order valence-corrected chi connectivity index (χ1v) is 3.69. The van der Waals surface area contributed by atoms with E-state index in [2.05, 4.69) is 4.98 Å². The summed E-state index contributed by atoms with van der Waals surface area (Å²) in [6, 6.07) is 7.36. The van der Waals surface area contributed by atoms with Crippen LogP contribution in [0.5, 0.6) is 0 Å². The van der Waals surface area contributed by atoms with Crippen molar-refractivity contribution in [3.8, 4) is 6.07 Å². The van der Waals surface area contributed by atoms with Gasteiger partial charge in [0.15, 0.2) is 0 Å². The normalized spacial score (nSPS) is 10.0. The molecule has 2 rings (SSSR count). The molecule has 1 aromatic carbocycles.